The average molecular weight is 393 g/mol. The summed E-state index contributed by atoms with van der Waals surface area (Å²) >= 11 is 3.46. The predicted octanol–water partition coefficient (Wildman–Crippen LogP) is 3.24. The van der Waals surface area contributed by atoms with Crippen molar-refractivity contribution in [2.75, 3.05) is 26.2 Å². The van der Waals surface area contributed by atoms with Gasteiger partial charge >= 0.3 is 0 Å². The Kier molecular flexibility index (Phi) is 5.93. The molecule has 1 saturated heterocycles. The van der Waals surface area contributed by atoms with Crippen LogP contribution in [0, 0.1) is 5.92 Å². The largest absolute Gasteiger partial charge is 0.339 e. The van der Waals surface area contributed by atoms with E-state index in [2.05, 4.69) is 28.1 Å². The number of aryl methyl sites for hydroxylation is 1. The average Bonchev–Trinajstić information content (AvgIpc) is 3.14. The number of piperazine rings is 1. The van der Waals surface area contributed by atoms with E-state index in [4.69, 9.17) is 0 Å². The van der Waals surface area contributed by atoms with Crippen molar-refractivity contribution in [3.63, 3.8) is 0 Å². The third-order valence-corrected chi connectivity index (χ3v) is 5.66. The van der Waals surface area contributed by atoms with E-state index >= 15 is 0 Å². The molecular weight excluding hydrogens is 368 g/mol. The Morgan fingerprint density at radius 1 is 1.04 bits per heavy atom. The zero-order chi connectivity index (χ0) is 16.9. The number of hydrogen-bond donors (Lipinski definition) is 0. The molecule has 2 aliphatic rings. The van der Waals surface area contributed by atoms with Crippen LogP contribution < -0.4 is 0 Å². The summed E-state index contributed by atoms with van der Waals surface area (Å²) in [6.07, 6.45) is 5.76. The number of benzene rings is 1. The van der Waals surface area contributed by atoms with Crippen molar-refractivity contribution in [3.05, 3.63) is 34.3 Å². The molecule has 0 atom stereocenters. The lowest BCUT2D eigenvalue weighted by molar-refractivity contribution is -0.142. The maximum atomic E-state index is 12.4. The van der Waals surface area contributed by atoms with E-state index in [-0.39, 0.29) is 11.8 Å². The molecule has 0 unspecified atom stereocenters. The first-order valence-corrected chi connectivity index (χ1v) is 9.74. The Hall–Kier alpha value is -1.36. The third kappa shape index (κ3) is 4.38. The molecule has 1 aliphatic heterocycles. The molecule has 0 aromatic heterocycles. The molecule has 1 heterocycles. The van der Waals surface area contributed by atoms with E-state index < -0.39 is 0 Å². The predicted molar refractivity (Wildman–Crippen MR) is 97.6 cm³/mol. The number of hydrogen-bond acceptors (Lipinski definition) is 2. The minimum Gasteiger partial charge on any atom is -0.339 e. The number of amides is 2. The van der Waals surface area contributed by atoms with Gasteiger partial charge in [0.15, 0.2) is 0 Å². The quantitative estimate of drug-likeness (QED) is 0.788. The lowest BCUT2D eigenvalue weighted by Gasteiger charge is -2.36. The highest BCUT2D eigenvalue weighted by Gasteiger charge is 2.30. The van der Waals surface area contributed by atoms with Gasteiger partial charge in [0.05, 0.1) is 0 Å². The monoisotopic (exact) mass is 392 g/mol. The lowest BCUT2D eigenvalue weighted by Crippen LogP contribution is -2.51. The van der Waals surface area contributed by atoms with Crippen molar-refractivity contribution in [2.45, 2.75) is 38.5 Å². The van der Waals surface area contributed by atoms with Gasteiger partial charge in [-0.3, -0.25) is 9.59 Å². The molecule has 2 amide bonds. The Balaban J connectivity index is 1.44. The Morgan fingerprint density at radius 2 is 1.71 bits per heavy atom. The highest BCUT2D eigenvalue weighted by Crippen LogP contribution is 2.27. The molecule has 0 N–H and O–H groups in total. The zero-order valence-corrected chi connectivity index (χ0v) is 15.6. The van der Waals surface area contributed by atoms with Gasteiger partial charge in [0.1, 0.15) is 0 Å². The molecule has 24 heavy (non-hydrogen) atoms. The van der Waals surface area contributed by atoms with Crippen LogP contribution in [0.1, 0.15) is 37.7 Å². The number of halogens is 1. The summed E-state index contributed by atoms with van der Waals surface area (Å²) in [7, 11) is 0. The van der Waals surface area contributed by atoms with Crippen LogP contribution in [0.25, 0.3) is 0 Å². The van der Waals surface area contributed by atoms with Gasteiger partial charge < -0.3 is 9.80 Å². The molecule has 1 aromatic carbocycles. The van der Waals surface area contributed by atoms with E-state index in [9.17, 15) is 9.59 Å². The fourth-order valence-corrected chi connectivity index (χ4v) is 4.16. The highest BCUT2D eigenvalue weighted by molar-refractivity contribution is 9.10. The smallest absolute Gasteiger partial charge is 0.225 e. The number of nitrogens with zero attached hydrogens (tertiary/aromatic N) is 2. The Morgan fingerprint density at radius 3 is 2.38 bits per heavy atom. The van der Waals surface area contributed by atoms with Crippen LogP contribution in [0.4, 0.5) is 0 Å². The minimum absolute atomic E-state index is 0.197. The van der Waals surface area contributed by atoms with E-state index in [0.717, 1.165) is 23.7 Å². The van der Waals surface area contributed by atoms with Crippen LogP contribution in [0.3, 0.4) is 0 Å². The first-order valence-electron chi connectivity index (χ1n) is 8.94. The molecule has 0 spiro atoms. The maximum absolute atomic E-state index is 12.4. The summed E-state index contributed by atoms with van der Waals surface area (Å²) in [4.78, 5) is 28.7. The summed E-state index contributed by atoms with van der Waals surface area (Å²) in [5.74, 6) is 0.750. The topological polar surface area (TPSA) is 40.6 Å². The highest BCUT2D eigenvalue weighted by atomic mass is 79.9. The fourth-order valence-electron chi connectivity index (χ4n) is 3.71. The lowest BCUT2D eigenvalue weighted by atomic mass is 10.1. The minimum atomic E-state index is 0.197. The second-order valence-electron chi connectivity index (χ2n) is 6.82. The van der Waals surface area contributed by atoms with Crippen LogP contribution in [0.5, 0.6) is 0 Å². The number of rotatable bonds is 4. The van der Waals surface area contributed by atoms with Gasteiger partial charge in [-0.25, -0.2) is 0 Å². The SMILES string of the molecule is O=C(CCc1cccc(Br)c1)N1CCN(C(=O)C2CCCC2)CC1. The summed E-state index contributed by atoms with van der Waals surface area (Å²) in [6.45, 7) is 2.74. The second kappa shape index (κ2) is 8.15. The van der Waals surface area contributed by atoms with Crippen LogP contribution in [-0.2, 0) is 16.0 Å². The summed E-state index contributed by atoms with van der Waals surface area (Å²) in [5.41, 5.74) is 1.17. The Bertz CT molecular complexity index is 591. The first kappa shape index (κ1) is 17.5. The van der Waals surface area contributed by atoms with Gasteiger partial charge in [-0.05, 0) is 37.0 Å². The van der Waals surface area contributed by atoms with Crippen molar-refractivity contribution < 1.29 is 9.59 Å². The molecule has 4 nitrogen and oxygen atoms in total. The molecular formula is C19H25BrN2O2. The van der Waals surface area contributed by atoms with Crippen molar-refractivity contribution in [2.24, 2.45) is 5.92 Å². The zero-order valence-electron chi connectivity index (χ0n) is 14.0. The summed E-state index contributed by atoms with van der Waals surface area (Å²) in [5, 5.41) is 0. The summed E-state index contributed by atoms with van der Waals surface area (Å²) < 4.78 is 1.05. The van der Waals surface area contributed by atoms with Gasteiger partial charge in [0, 0.05) is 43.0 Å². The van der Waals surface area contributed by atoms with Crippen LogP contribution >= 0.6 is 15.9 Å². The molecule has 3 rings (SSSR count). The second-order valence-corrected chi connectivity index (χ2v) is 7.73. The van der Waals surface area contributed by atoms with E-state index in [0.29, 0.717) is 38.5 Å². The van der Waals surface area contributed by atoms with Gasteiger partial charge in [-0.1, -0.05) is 40.9 Å². The third-order valence-electron chi connectivity index (χ3n) is 5.17. The van der Waals surface area contributed by atoms with Gasteiger partial charge in [0.2, 0.25) is 11.8 Å². The van der Waals surface area contributed by atoms with Crippen LogP contribution in [0.15, 0.2) is 28.7 Å². The molecule has 0 radical (unpaired) electrons. The molecule has 2 fully saturated rings. The normalized spacial score (nSPS) is 18.9. The van der Waals surface area contributed by atoms with Crippen LogP contribution in [0.2, 0.25) is 0 Å². The van der Waals surface area contributed by atoms with E-state index in [1.807, 2.05) is 21.9 Å². The van der Waals surface area contributed by atoms with Crippen molar-refractivity contribution in [1.29, 1.82) is 0 Å². The Labute approximate surface area is 152 Å². The van der Waals surface area contributed by atoms with E-state index in [1.54, 1.807) is 0 Å². The molecule has 1 aliphatic carbocycles. The first-order chi connectivity index (χ1) is 11.6. The fraction of sp³-hybridized carbons (Fsp3) is 0.579. The van der Waals surface area contributed by atoms with Gasteiger partial charge in [0.25, 0.3) is 0 Å². The molecule has 0 bridgehead atoms. The molecule has 1 saturated carbocycles. The number of carbonyl (C=O) groups is 2. The standard InChI is InChI=1S/C19H25BrN2O2/c20-17-7-3-4-15(14-17)8-9-18(23)21-10-12-22(13-11-21)19(24)16-5-1-2-6-16/h3-4,7,14,16H,1-2,5-6,8-13H2. The molecule has 130 valence electrons. The number of carbonyl (C=O) groups excluding carboxylic acids is 2. The van der Waals surface area contributed by atoms with Crippen LogP contribution in [-0.4, -0.2) is 47.8 Å². The maximum Gasteiger partial charge on any atom is 0.225 e. The van der Waals surface area contributed by atoms with E-state index in [1.165, 1.54) is 18.4 Å². The molecule has 5 heteroatoms. The van der Waals surface area contributed by atoms with Gasteiger partial charge in [-0.15, -0.1) is 0 Å². The van der Waals surface area contributed by atoms with Crippen molar-refractivity contribution in [3.8, 4) is 0 Å². The van der Waals surface area contributed by atoms with Gasteiger partial charge in [-0.2, -0.15) is 0 Å². The van der Waals surface area contributed by atoms with Crippen molar-refractivity contribution >= 4 is 27.7 Å². The summed E-state index contributed by atoms with van der Waals surface area (Å²) in [6, 6.07) is 8.10. The van der Waals surface area contributed by atoms with Crippen molar-refractivity contribution in [1.82, 2.24) is 9.80 Å². The molecule has 1 aromatic rings.